The van der Waals surface area contributed by atoms with Crippen molar-refractivity contribution in [3.63, 3.8) is 0 Å². The van der Waals surface area contributed by atoms with Crippen molar-refractivity contribution in [3.8, 4) is 11.6 Å². The van der Waals surface area contributed by atoms with Gasteiger partial charge >= 0.3 is 0 Å². The van der Waals surface area contributed by atoms with Crippen molar-refractivity contribution in [2.45, 2.75) is 39.2 Å². The highest BCUT2D eigenvalue weighted by atomic mass is 16.5. The maximum absolute atomic E-state index is 5.95. The summed E-state index contributed by atoms with van der Waals surface area (Å²) in [6.45, 7) is 6.18. The Kier molecular flexibility index (Phi) is 4.15. The van der Waals surface area contributed by atoms with E-state index in [1.807, 2.05) is 12.1 Å². The van der Waals surface area contributed by atoms with Crippen molar-refractivity contribution < 1.29 is 4.74 Å². The Labute approximate surface area is 125 Å². The van der Waals surface area contributed by atoms with Crippen molar-refractivity contribution in [2.24, 2.45) is 0 Å². The van der Waals surface area contributed by atoms with Gasteiger partial charge in [-0.15, -0.1) is 0 Å². The van der Waals surface area contributed by atoms with Crippen molar-refractivity contribution in [1.82, 2.24) is 15.3 Å². The standard InChI is InChI=1S/C17H21N3O/c1-3-12(2)13-4-6-14(7-5-13)21-17-15-10-18-9-8-16(15)19-11-20-17/h4-7,11-12,18H,3,8-10H2,1-2H3. The van der Waals surface area contributed by atoms with Crippen LogP contribution in [-0.2, 0) is 13.0 Å². The molecule has 3 rings (SSSR count). The molecule has 1 aliphatic heterocycles. The molecule has 1 aromatic carbocycles. The van der Waals surface area contributed by atoms with E-state index in [0.29, 0.717) is 11.8 Å². The van der Waals surface area contributed by atoms with Gasteiger partial charge in [-0.2, -0.15) is 0 Å². The molecule has 1 unspecified atom stereocenters. The van der Waals surface area contributed by atoms with Gasteiger partial charge in [-0.1, -0.05) is 26.0 Å². The number of aromatic nitrogens is 2. The number of nitrogens with one attached hydrogen (secondary N) is 1. The molecule has 0 amide bonds. The molecule has 4 heteroatoms. The number of nitrogens with zero attached hydrogens (tertiary/aromatic N) is 2. The van der Waals surface area contributed by atoms with Crippen LogP contribution >= 0.6 is 0 Å². The third-order valence-electron chi connectivity index (χ3n) is 4.11. The molecule has 0 aliphatic carbocycles. The van der Waals surface area contributed by atoms with Crippen molar-refractivity contribution in [3.05, 3.63) is 47.4 Å². The summed E-state index contributed by atoms with van der Waals surface area (Å²) in [6, 6.07) is 8.31. The fourth-order valence-electron chi connectivity index (χ4n) is 2.54. The second kappa shape index (κ2) is 6.22. The zero-order chi connectivity index (χ0) is 14.7. The first kappa shape index (κ1) is 14.0. The fraction of sp³-hybridized carbons (Fsp3) is 0.412. The van der Waals surface area contributed by atoms with Crippen molar-refractivity contribution in [1.29, 1.82) is 0 Å². The predicted molar refractivity (Wildman–Crippen MR) is 82.7 cm³/mol. The predicted octanol–water partition coefficient (Wildman–Crippen LogP) is 3.43. The lowest BCUT2D eigenvalue weighted by atomic mass is 9.99. The smallest absolute Gasteiger partial charge is 0.227 e. The molecule has 0 radical (unpaired) electrons. The van der Waals surface area contributed by atoms with E-state index in [9.17, 15) is 0 Å². The third kappa shape index (κ3) is 3.05. The van der Waals surface area contributed by atoms with Crippen LogP contribution < -0.4 is 10.1 Å². The third-order valence-corrected chi connectivity index (χ3v) is 4.11. The Bertz CT molecular complexity index is 610. The van der Waals surface area contributed by atoms with E-state index < -0.39 is 0 Å². The highest BCUT2D eigenvalue weighted by molar-refractivity contribution is 5.37. The van der Waals surface area contributed by atoms with Gasteiger partial charge < -0.3 is 10.1 Å². The number of rotatable bonds is 4. The Morgan fingerprint density at radius 1 is 1.24 bits per heavy atom. The highest BCUT2D eigenvalue weighted by Crippen LogP contribution is 2.27. The minimum Gasteiger partial charge on any atom is -0.439 e. The monoisotopic (exact) mass is 283 g/mol. The van der Waals surface area contributed by atoms with Gasteiger partial charge in [0.05, 0.1) is 11.3 Å². The van der Waals surface area contributed by atoms with Crippen LogP contribution in [0.25, 0.3) is 0 Å². The van der Waals surface area contributed by atoms with Gasteiger partial charge in [-0.3, -0.25) is 0 Å². The van der Waals surface area contributed by atoms with Crippen molar-refractivity contribution >= 4 is 0 Å². The average Bonchev–Trinajstić information content (AvgIpc) is 2.55. The van der Waals surface area contributed by atoms with Crippen LogP contribution in [0, 0.1) is 0 Å². The summed E-state index contributed by atoms with van der Waals surface area (Å²) in [4.78, 5) is 8.63. The van der Waals surface area contributed by atoms with E-state index in [1.54, 1.807) is 6.33 Å². The van der Waals surface area contributed by atoms with Crippen LogP contribution in [-0.4, -0.2) is 16.5 Å². The molecule has 110 valence electrons. The lowest BCUT2D eigenvalue weighted by Gasteiger charge is -2.18. The van der Waals surface area contributed by atoms with Crippen molar-refractivity contribution in [2.75, 3.05) is 6.54 Å². The normalized spacial score (nSPS) is 15.3. The van der Waals surface area contributed by atoms with Gasteiger partial charge in [-0.25, -0.2) is 9.97 Å². The van der Waals surface area contributed by atoms with E-state index >= 15 is 0 Å². The molecule has 1 aliphatic rings. The first-order chi connectivity index (χ1) is 10.3. The number of benzene rings is 1. The zero-order valence-electron chi connectivity index (χ0n) is 12.6. The Balaban J connectivity index is 1.81. The summed E-state index contributed by atoms with van der Waals surface area (Å²) in [5.74, 6) is 2.08. The van der Waals surface area contributed by atoms with Gasteiger partial charge in [0, 0.05) is 19.5 Å². The van der Waals surface area contributed by atoms with E-state index in [1.165, 1.54) is 5.56 Å². The molecule has 0 bridgehead atoms. The molecule has 21 heavy (non-hydrogen) atoms. The molecular formula is C17H21N3O. The molecular weight excluding hydrogens is 262 g/mol. The van der Waals surface area contributed by atoms with E-state index in [4.69, 9.17) is 4.74 Å². The minimum absolute atomic E-state index is 0.579. The molecule has 2 heterocycles. The fourth-order valence-corrected chi connectivity index (χ4v) is 2.54. The van der Waals surface area contributed by atoms with Gasteiger partial charge in [0.15, 0.2) is 0 Å². The topological polar surface area (TPSA) is 47.0 Å². The van der Waals surface area contributed by atoms with Gasteiger partial charge in [0.2, 0.25) is 5.88 Å². The summed E-state index contributed by atoms with van der Waals surface area (Å²) in [5, 5.41) is 3.34. The summed E-state index contributed by atoms with van der Waals surface area (Å²) >= 11 is 0. The highest BCUT2D eigenvalue weighted by Gasteiger charge is 2.16. The zero-order valence-corrected chi connectivity index (χ0v) is 12.6. The van der Waals surface area contributed by atoms with Crippen LogP contribution in [0.15, 0.2) is 30.6 Å². The van der Waals surface area contributed by atoms with Crippen LogP contribution in [0.4, 0.5) is 0 Å². The molecule has 0 saturated heterocycles. The summed E-state index contributed by atoms with van der Waals surface area (Å²) < 4.78 is 5.95. The van der Waals surface area contributed by atoms with Gasteiger partial charge in [0.1, 0.15) is 12.1 Å². The number of hydrogen-bond donors (Lipinski definition) is 1. The second-order valence-electron chi connectivity index (χ2n) is 5.51. The Morgan fingerprint density at radius 2 is 2.05 bits per heavy atom. The lowest BCUT2D eigenvalue weighted by Crippen LogP contribution is -2.25. The Hall–Kier alpha value is -1.94. The molecule has 2 aromatic rings. The molecule has 0 spiro atoms. The molecule has 0 fully saturated rings. The SMILES string of the molecule is CCC(C)c1ccc(Oc2ncnc3c2CNCC3)cc1. The van der Waals surface area contributed by atoms with Crippen LogP contribution in [0.5, 0.6) is 11.6 Å². The maximum Gasteiger partial charge on any atom is 0.227 e. The van der Waals surface area contributed by atoms with E-state index in [-0.39, 0.29) is 0 Å². The van der Waals surface area contributed by atoms with Crippen LogP contribution in [0.1, 0.15) is 43.0 Å². The Morgan fingerprint density at radius 3 is 2.81 bits per heavy atom. The number of fused-ring (bicyclic) bond motifs is 1. The van der Waals surface area contributed by atoms with E-state index in [0.717, 1.165) is 42.9 Å². The first-order valence-electron chi connectivity index (χ1n) is 7.59. The van der Waals surface area contributed by atoms with Gasteiger partial charge in [0.25, 0.3) is 0 Å². The average molecular weight is 283 g/mol. The number of ether oxygens (including phenoxy) is 1. The lowest BCUT2D eigenvalue weighted by molar-refractivity contribution is 0.444. The molecule has 1 N–H and O–H groups in total. The molecule has 4 nitrogen and oxygen atoms in total. The summed E-state index contributed by atoms with van der Waals surface area (Å²) in [7, 11) is 0. The van der Waals surface area contributed by atoms with E-state index in [2.05, 4.69) is 41.3 Å². The summed E-state index contributed by atoms with van der Waals surface area (Å²) in [6.07, 6.45) is 3.67. The molecule has 1 aromatic heterocycles. The molecule has 1 atom stereocenters. The summed E-state index contributed by atoms with van der Waals surface area (Å²) in [5.41, 5.74) is 3.51. The largest absolute Gasteiger partial charge is 0.439 e. The quantitative estimate of drug-likeness (QED) is 0.934. The van der Waals surface area contributed by atoms with Crippen LogP contribution in [0.3, 0.4) is 0 Å². The maximum atomic E-state index is 5.95. The minimum atomic E-state index is 0.579. The first-order valence-corrected chi connectivity index (χ1v) is 7.59. The molecule has 0 saturated carbocycles. The van der Waals surface area contributed by atoms with Gasteiger partial charge in [-0.05, 0) is 30.0 Å². The second-order valence-corrected chi connectivity index (χ2v) is 5.51. The number of hydrogen-bond acceptors (Lipinski definition) is 4. The van der Waals surface area contributed by atoms with Crippen LogP contribution in [0.2, 0.25) is 0 Å².